The first-order valence-corrected chi connectivity index (χ1v) is 7.80. The summed E-state index contributed by atoms with van der Waals surface area (Å²) in [6.07, 6.45) is 10.2. The number of nitrogens with zero attached hydrogens (tertiary/aromatic N) is 2. The number of hydrogen-bond donors (Lipinski definition) is 1. The fourth-order valence-electron chi connectivity index (χ4n) is 3.40. The summed E-state index contributed by atoms with van der Waals surface area (Å²) in [6, 6.07) is 3.84. The van der Waals surface area contributed by atoms with E-state index in [2.05, 4.69) is 31.7 Å². The molecule has 2 unspecified atom stereocenters. The first-order chi connectivity index (χ1) is 11.6. The van der Waals surface area contributed by atoms with E-state index in [4.69, 9.17) is 4.99 Å². The second-order valence-corrected chi connectivity index (χ2v) is 5.95. The maximum Gasteiger partial charge on any atom is 0.100 e. The number of aliphatic imine (C=N–C) groups is 2. The van der Waals surface area contributed by atoms with Gasteiger partial charge in [-0.15, -0.1) is 0 Å². The van der Waals surface area contributed by atoms with E-state index in [1.54, 1.807) is 18.5 Å². The van der Waals surface area contributed by atoms with Crippen molar-refractivity contribution in [2.45, 2.75) is 18.9 Å². The largest absolute Gasteiger partial charge is 0.515 e. The molecular formula is C21H20N2O. The second kappa shape index (κ2) is 6.28. The fourth-order valence-corrected chi connectivity index (χ4v) is 3.40. The summed E-state index contributed by atoms with van der Waals surface area (Å²) in [4.78, 5) is 9.13. The zero-order valence-electron chi connectivity index (χ0n) is 13.7. The van der Waals surface area contributed by atoms with Gasteiger partial charge < -0.3 is 5.11 Å². The third-order valence-electron chi connectivity index (χ3n) is 4.56. The van der Waals surface area contributed by atoms with E-state index in [1.807, 2.05) is 24.3 Å². The van der Waals surface area contributed by atoms with E-state index >= 15 is 0 Å². The molecule has 1 aromatic carbocycles. The van der Waals surface area contributed by atoms with Gasteiger partial charge in [0.2, 0.25) is 0 Å². The van der Waals surface area contributed by atoms with Gasteiger partial charge in [0.05, 0.1) is 6.26 Å². The van der Waals surface area contributed by atoms with Crippen molar-refractivity contribution in [1.29, 1.82) is 0 Å². The minimum atomic E-state index is -0.127. The highest BCUT2D eigenvalue weighted by Crippen LogP contribution is 2.46. The average Bonchev–Trinajstić information content (AvgIpc) is 2.66. The lowest BCUT2D eigenvalue weighted by Gasteiger charge is -2.32. The molecule has 0 aromatic heterocycles. The molecule has 0 saturated heterocycles. The number of fused-ring (bicyclic) bond motifs is 5. The van der Waals surface area contributed by atoms with Gasteiger partial charge in [-0.05, 0) is 41.0 Å². The highest BCUT2D eigenvalue weighted by Gasteiger charge is 2.33. The van der Waals surface area contributed by atoms with E-state index in [-0.39, 0.29) is 12.0 Å². The van der Waals surface area contributed by atoms with Gasteiger partial charge >= 0.3 is 0 Å². The van der Waals surface area contributed by atoms with Crippen LogP contribution in [0.15, 0.2) is 70.3 Å². The third-order valence-corrected chi connectivity index (χ3v) is 4.56. The number of rotatable bonds is 2. The van der Waals surface area contributed by atoms with Gasteiger partial charge in [-0.2, -0.15) is 0 Å². The predicted molar refractivity (Wildman–Crippen MR) is 102 cm³/mol. The standard InChI is InChI=1S/C21H20N2O/c1-5-6-7-17-14(3)20-15(4)22-8-9-23-21(17)19-10-13(2)16(12-24)11-18(19)20/h5-12,20-21,24H,1-2,4H2,3H3/b7-6-,16-12-,22-8?,23-9?. The lowest BCUT2D eigenvalue weighted by Crippen LogP contribution is -2.29. The predicted octanol–water partition coefficient (Wildman–Crippen LogP) is 3.26. The summed E-state index contributed by atoms with van der Waals surface area (Å²) < 4.78 is 0. The molecule has 24 heavy (non-hydrogen) atoms. The molecule has 0 radical (unpaired) electrons. The van der Waals surface area contributed by atoms with E-state index in [9.17, 15) is 5.11 Å². The molecule has 120 valence electrons. The normalized spacial score (nSPS) is 23.4. The first-order valence-electron chi connectivity index (χ1n) is 7.80. The topological polar surface area (TPSA) is 45.0 Å². The van der Waals surface area contributed by atoms with Crippen LogP contribution in [0.5, 0.6) is 0 Å². The maximum atomic E-state index is 9.49. The van der Waals surface area contributed by atoms with E-state index in [0.29, 0.717) is 5.22 Å². The number of allylic oxidation sites excluding steroid dienone is 3. The Bertz CT molecular complexity index is 945. The van der Waals surface area contributed by atoms with Gasteiger partial charge in [0.25, 0.3) is 0 Å². The molecule has 1 aliphatic carbocycles. The minimum Gasteiger partial charge on any atom is -0.515 e. The minimum absolute atomic E-state index is 0.0436. The molecular weight excluding hydrogens is 296 g/mol. The van der Waals surface area contributed by atoms with Gasteiger partial charge in [0.1, 0.15) is 6.04 Å². The summed E-state index contributed by atoms with van der Waals surface area (Å²) in [7, 11) is 0. The third kappa shape index (κ3) is 2.48. The monoisotopic (exact) mass is 316 g/mol. The van der Waals surface area contributed by atoms with Gasteiger partial charge in [-0.1, -0.05) is 43.5 Å². The van der Waals surface area contributed by atoms with Crippen LogP contribution in [0, 0.1) is 0 Å². The highest BCUT2D eigenvalue weighted by molar-refractivity contribution is 6.16. The number of aliphatic hydroxyl groups is 1. The Morgan fingerprint density at radius 3 is 2.67 bits per heavy atom. The number of hydrogen-bond acceptors (Lipinski definition) is 3. The summed E-state index contributed by atoms with van der Waals surface area (Å²) in [5.74, 6) is -0.0436. The highest BCUT2D eigenvalue weighted by atomic mass is 16.2. The molecule has 3 heteroatoms. The van der Waals surface area contributed by atoms with Crippen LogP contribution in [-0.2, 0) is 0 Å². The van der Waals surface area contributed by atoms with Crippen LogP contribution in [0.2, 0.25) is 0 Å². The van der Waals surface area contributed by atoms with Crippen LogP contribution in [0.4, 0.5) is 0 Å². The average molecular weight is 316 g/mol. The van der Waals surface area contributed by atoms with Crippen molar-refractivity contribution in [2.75, 3.05) is 0 Å². The van der Waals surface area contributed by atoms with Crippen molar-refractivity contribution >= 4 is 25.3 Å². The van der Waals surface area contributed by atoms with Gasteiger partial charge in [0.15, 0.2) is 0 Å². The molecule has 0 fully saturated rings. The van der Waals surface area contributed by atoms with Crippen molar-refractivity contribution in [3.8, 4) is 0 Å². The van der Waals surface area contributed by atoms with E-state index in [1.165, 1.54) is 0 Å². The Balaban J connectivity index is 2.39. The molecule has 3 nitrogen and oxygen atoms in total. The molecule has 2 aliphatic rings. The Hall–Kier alpha value is -2.94. The second-order valence-electron chi connectivity index (χ2n) is 5.95. The number of benzene rings is 1. The van der Waals surface area contributed by atoms with Crippen molar-refractivity contribution in [2.24, 2.45) is 9.98 Å². The van der Waals surface area contributed by atoms with Crippen LogP contribution in [0.3, 0.4) is 0 Å². The molecule has 0 saturated carbocycles. The molecule has 3 rings (SSSR count). The number of aliphatic hydroxyl groups excluding tert-OH is 1. The van der Waals surface area contributed by atoms with Crippen LogP contribution in [-0.4, -0.2) is 17.5 Å². The fraction of sp³-hybridized carbons (Fsp3) is 0.143. The Kier molecular flexibility index (Phi) is 4.17. The summed E-state index contributed by atoms with van der Waals surface area (Å²) in [6.45, 7) is 14.0. The van der Waals surface area contributed by atoms with Gasteiger partial charge in [-0.25, -0.2) is 0 Å². The Morgan fingerprint density at radius 2 is 1.96 bits per heavy atom. The van der Waals surface area contributed by atoms with E-state index in [0.717, 1.165) is 39.5 Å². The van der Waals surface area contributed by atoms with Crippen molar-refractivity contribution in [1.82, 2.24) is 0 Å². The quantitative estimate of drug-likeness (QED) is 0.836. The van der Waals surface area contributed by atoms with Crippen LogP contribution in [0.1, 0.15) is 30.0 Å². The van der Waals surface area contributed by atoms with Crippen LogP contribution < -0.4 is 10.4 Å². The van der Waals surface area contributed by atoms with Gasteiger partial charge in [-0.3, -0.25) is 9.98 Å². The molecule has 1 aliphatic heterocycles. The SMILES string of the molecule is C=C/C=C\C1=C(C)C2C(=C)N=CC=NC1c1cc(=C)/c(=C\O)cc12. The molecule has 1 aromatic rings. The Morgan fingerprint density at radius 1 is 1.17 bits per heavy atom. The van der Waals surface area contributed by atoms with Crippen LogP contribution >= 0.6 is 0 Å². The first kappa shape index (κ1) is 15.9. The zero-order chi connectivity index (χ0) is 17.3. The molecule has 2 bridgehead atoms. The summed E-state index contributed by atoms with van der Waals surface area (Å²) >= 11 is 0. The van der Waals surface area contributed by atoms with Gasteiger partial charge in [0, 0.05) is 29.3 Å². The smallest absolute Gasteiger partial charge is 0.100 e. The summed E-state index contributed by atoms with van der Waals surface area (Å²) in [5.41, 5.74) is 5.18. The molecule has 1 N–H and O–H groups in total. The molecule has 0 amide bonds. The lowest BCUT2D eigenvalue weighted by atomic mass is 9.74. The Labute approximate surface area is 141 Å². The van der Waals surface area contributed by atoms with Crippen molar-refractivity contribution in [3.63, 3.8) is 0 Å². The van der Waals surface area contributed by atoms with E-state index < -0.39 is 0 Å². The summed E-state index contributed by atoms with van der Waals surface area (Å²) in [5, 5.41) is 11.0. The lowest BCUT2D eigenvalue weighted by molar-refractivity contribution is 0.539. The maximum absolute atomic E-state index is 9.49. The molecule has 2 atom stereocenters. The van der Waals surface area contributed by atoms with Crippen LogP contribution in [0.25, 0.3) is 12.8 Å². The van der Waals surface area contributed by atoms with Crippen molar-refractivity contribution in [3.05, 3.63) is 81.9 Å². The zero-order valence-corrected chi connectivity index (χ0v) is 13.7. The molecule has 0 spiro atoms. The molecule has 1 heterocycles. The van der Waals surface area contributed by atoms with Crippen molar-refractivity contribution < 1.29 is 5.11 Å².